The van der Waals surface area contributed by atoms with Gasteiger partial charge in [-0.25, -0.2) is 4.79 Å². The van der Waals surface area contributed by atoms with E-state index in [0.717, 1.165) is 42.0 Å². The fourth-order valence-electron chi connectivity index (χ4n) is 4.85. The molecule has 3 N–H and O–H groups in total. The molecule has 0 radical (unpaired) electrons. The average molecular weight is 549 g/mol. The maximum Gasteiger partial charge on any atom is 0.323 e. The highest BCUT2D eigenvalue weighted by atomic mass is 16.5. The summed E-state index contributed by atoms with van der Waals surface area (Å²) in [6.07, 6.45) is 8.06. The summed E-state index contributed by atoms with van der Waals surface area (Å²) in [5.74, 6) is 1.29. The smallest absolute Gasteiger partial charge is 0.323 e. The van der Waals surface area contributed by atoms with Crippen molar-refractivity contribution in [3.63, 3.8) is 0 Å². The number of nitrogens with one attached hydrogen (secondary N) is 3. The molecule has 5 aromatic rings. The first kappa shape index (κ1) is 26.3. The third-order valence-electron chi connectivity index (χ3n) is 7.07. The first-order chi connectivity index (χ1) is 19.9. The lowest BCUT2D eigenvalue weighted by atomic mass is 9.96. The van der Waals surface area contributed by atoms with Gasteiger partial charge >= 0.3 is 6.03 Å². The Balaban J connectivity index is 1.14. The van der Waals surface area contributed by atoms with Crippen LogP contribution in [0.2, 0.25) is 0 Å². The summed E-state index contributed by atoms with van der Waals surface area (Å²) in [5, 5.41) is 17.5. The third kappa shape index (κ3) is 5.97. The van der Waals surface area contributed by atoms with Gasteiger partial charge in [-0.3, -0.25) is 14.8 Å². The van der Waals surface area contributed by atoms with Crippen molar-refractivity contribution in [2.24, 2.45) is 0 Å². The molecule has 4 heterocycles. The van der Waals surface area contributed by atoms with Crippen LogP contribution in [-0.4, -0.2) is 49.5 Å². The van der Waals surface area contributed by atoms with Gasteiger partial charge in [-0.1, -0.05) is 12.1 Å². The van der Waals surface area contributed by atoms with Gasteiger partial charge in [0.25, 0.3) is 0 Å². The van der Waals surface area contributed by atoms with Gasteiger partial charge < -0.3 is 20.3 Å². The van der Waals surface area contributed by atoms with Crippen molar-refractivity contribution in [1.82, 2.24) is 29.9 Å². The number of ether oxygens (including phenoxy) is 1. The van der Waals surface area contributed by atoms with E-state index in [1.54, 1.807) is 48.9 Å². The van der Waals surface area contributed by atoms with E-state index in [9.17, 15) is 4.79 Å². The van der Waals surface area contributed by atoms with E-state index >= 15 is 0 Å². The van der Waals surface area contributed by atoms with E-state index in [0.29, 0.717) is 22.9 Å². The van der Waals surface area contributed by atoms with Gasteiger partial charge in [0.2, 0.25) is 0 Å². The molecule has 6 rings (SSSR count). The Kier molecular flexibility index (Phi) is 7.22. The molecular weight excluding hydrogens is 516 g/mol. The number of fused-ring (bicyclic) bond motifs is 1. The number of carbonyl (C=O) groups excluding carboxylic acids is 1. The highest BCUT2D eigenvalue weighted by Gasteiger charge is 2.19. The van der Waals surface area contributed by atoms with Gasteiger partial charge in [-0.15, -0.1) is 0 Å². The largest absolute Gasteiger partial charge is 0.457 e. The normalized spacial score (nSPS) is 13.2. The predicted molar refractivity (Wildman–Crippen MR) is 159 cm³/mol. The molecule has 3 aromatic heterocycles. The van der Waals surface area contributed by atoms with E-state index in [1.807, 2.05) is 16.9 Å². The maximum atomic E-state index is 13.0. The van der Waals surface area contributed by atoms with Crippen molar-refractivity contribution in [3.8, 4) is 34.0 Å². The summed E-state index contributed by atoms with van der Waals surface area (Å²) < 4.78 is 7.87. The van der Waals surface area contributed by atoms with Crippen molar-refractivity contribution >= 4 is 17.4 Å². The molecule has 0 fully saturated rings. The number of hydrogen-bond donors (Lipinski definition) is 3. The Bertz CT molecular complexity index is 1660. The number of anilines is 2. The molecule has 2 amide bonds. The lowest BCUT2D eigenvalue weighted by molar-refractivity contribution is 0.262. The van der Waals surface area contributed by atoms with Gasteiger partial charge in [0.15, 0.2) is 0 Å². The lowest BCUT2D eigenvalue weighted by Gasteiger charge is -2.25. The number of H-pyrrole nitrogens is 1. The van der Waals surface area contributed by atoms with E-state index in [1.165, 1.54) is 11.1 Å². The predicted octanol–water partition coefficient (Wildman–Crippen LogP) is 6.34. The fourth-order valence-corrected chi connectivity index (χ4v) is 4.85. The number of carbonyl (C=O) groups is 1. The minimum Gasteiger partial charge on any atom is -0.457 e. The quantitative estimate of drug-likeness (QED) is 0.219. The number of nitrogens with zero attached hydrogens (tertiary/aromatic N) is 5. The van der Waals surface area contributed by atoms with E-state index in [2.05, 4.69) is 69.8 Å². The summed E-state index contributed by atoms with van der Waals surface area (Å²) in [7, 11) is 2.14. The molecule has 0 spiro atoms. The Hall–Kier alpha value is -4.96. The monoisotopic (exact) mass is 548 g/mol. The molecule has 0 saturated heterocycles. The minimum atomic E-state index is -0.346. The molecule has 41 heavy (non-hydrogen) atoms. The number of hydrogen-bond acceptors (Lipinski definition) is 6. The van der Waals surface area contributed by atoms with Crippen molar-refractivity contribution in [1.29, 1.82) is 0 Å². The van der Waals surface area contributed by atoms with Crippen molar-refractivity contribution < 1.29 is 9.53 Å². The molecule has 2 aromatic carbocycles. The zero-order chi connectivity index (χ0) is 28.3. The highest BCUT2D eigenvalue weighted by molar-refractivity contribution is 6.01. The second-order valence-electron chi connectivity index (χ2n) is 10.5. The SMILES string of the molecule is CC(C)n1cc(NC(=O)Nc2ccc(Oc3ccnc(-c4cn[nH]c4)c3)cc2)c(-c2ccc3c(c2)CCN(C)C3)n1. The number of urea groups is 1. The second kappa shape index (κ2) is 11.3. The Morgan fingerprint density at radius 2 is 1.85 bits per heavy atom. The maximum absolute atomic E-state index is 13.0. The van der Waals surface area contributed by atoms with Crippen LogP contribution in [0.3, 0.4) is 0 Å². The number of likely N-dealkylation sites (N-methyl/N-ethyl adjacent to an activating group) is 1. The molecule has 0 aliphatic carbocycles. The van der Waals surface area contributed by atoms with Gasteiger partial charge in [0.1, 0.15) is 17.2 Å². The fraction of sp³-hybridized carbons (Fsp3) is 0.226. The van der Waals surface area contributed by atoms with Crippen molar-refractivity contribution in [2.75, 3.05) is 24.2 Å². The molecule has 1 aliphatic heterocycles. The Morgan fingerprint density at radius 3 is 2.63 bits per heavy atom. The van der Waals surface area contributed by atoms with Crippen LogP contribution in [0, 0.1) is 0 Å². The van der Waals surface area contributed by atoms with Gasteiger partial charge in [0, 0.05) is 60.6 Å². The topological polar surface area (TPSA) is 113 Å². The van der Waals surface area contributed by atoms with Crippen LogP contribution in [0.5, 0.6) is 11.5 Å². The average Bonchev–Trinajstić information content (AvgIpc) is 3.65. The van der Waals surface area contributed by atoms with E-state index < -0.39 is 0 Å². The van der Waals surface area contributed by atoms with E-state index in [-0.39, 0.29) is 12.1 Å². The zero-order valence-corrected chi connectivity index (χ0v) is 23.3. The molecule has 10 heteroatoms. The van der Waals surface area contributed by atoms with Gasteiger partial charge in [-0.05, 0) is 74.8 Å². The van der Waals surface area contributed by atoms with Crippen LogP contribution >= 0.6 is 0 Å². The summed E-state index contributed by atoms with van der Waals surface area (Å²) >= 11 is 0. The van der Waals surface area contributed by atoms with Gasteiger partial charge in [0.05, 0.1) is 17.6 Å². The number of pyridine rings is 1. The summed E-state index contributed by atoms with van der Waals surface area (Å²) in [4.78, 5) is 19.7. The molecule has 0 bridgehead atoms. The molecule has 10 nitrogen and oxygen atoms in total. The number of aromatic nitrogens is 5. The molecular formula is C31H32N8O2. The standard InChI is InChI=1S/C31H32N8O2/c1-20(2)39-19-29(30(37-39)22-4-5-23-18-38(3)13-11-21(23)14-22)36-31(40)35-25-6-8-26(9-7-25)41-27-10-12-32-28(15-27)24-16-33-34-17-24/h4-10,12,14-17,19-20H,11,13,18H2,1-3H3,(H,33,34)(H2,35,36,40). The van der Waals surface area contributed by atoms with Crippen LogP contribution in [0.4, 0.5) is 16.2 Å². The van der Waals surface area contributed by atoms with Crippen molar-refractivity contribution in [2.45, 2.75) is 32.9 Å². The Labute approximate surface area is 238 Å². The number of aromatic amines is 1. The van der Waals surface area contributed by atoms with E-state index in [4.69, 9.17) is 9.84 Å². The third-order valence-corrected chi connectivity index (χ3v) is 7.07. The Morgan fingerprint density at radius 1 is 1.00 bits per heavy atom. The van der Waals surface area contributed by atoms with Crippen LogP contribution in [-0.2, 0) is 13.0 Å². The van der Waals surface area contributed by atoms with Crippen LogP contribution in [0.25, 0.3) is 22.5 Å². The number of benzene rings is 2. The highest BCUT2D eigenvalue weighted by Crippen LogP contribution is 2.31. The lowest BCUT2D eigenvalue weighted by Crippen LogP contribution is -2.26. The minimum absolute atomic E-state index is 0.155. The molecule has 0 saturated carbocycles. The van der Waals surface area contributed by atoms with Crippen LogP contribution in [0.15, 0.2) is 79.4 Å². The summed E-state index contributed by atoms with van der Waals surface area (Å²) in [5.41, 5.74) is 7.36. The first-order valence-electron chi connectivity index (χ1n) is 13.6. The molecule has 208 valence electrons. The van der Waals surface area contributed by atoms with Gasteiger partial charge in [-0.2, -0.15) is 10.2 Å². The summed E-state index contributed by atoms with van der Waals surface area (Å²) in [6.45, 7) is 6.11. The number of amides is 2. The first-order valence-corrected chi connectivity index (χ1v) is 13.6. The second-order valence-corrected chi connectivity index (χ2v) is 10.5. The molecule has 0 unspecified atom stereocenters. The molecule has 0 atom stereocenters. The zero-order valence-electron chi connectivity index (χ0n) is 23.3. The van der Waals surface area contributed by atoms with Crippen LogP contribution in [0.1, 0.15) is 31.0 Å². The number of rotatable bonds is 7. The van der Waals surface area contributed by atoms with Crippen LogP contribution < -0.4 is 15.4 Å². The summed E-state index contributed by atoms with van der Waals surface area (Å²) in [6, 6.07) is 17.1. The van der Waals surface area contributed by atoms with Crippen molar-refractivity contribution in [3.05, 3.63) is 90.5 Å². The molecule has 1 aliphatic rings.